The summed E-state index contributed by atoms with van der Waals surface area (Å²) in [5.74, 6) is 0.690. The lowest BCUT2D eigenvalue weighted by atomic mass is 10.1. The van der Waals surface area contributed by atoms with E-state index in [0.29, 0.717) is 12.1 Å². The van der Waals surface area contributed by atoms with E-state index in [0.717, 1.165) is 11.3 Å². The zero-order chi connectivity index (χ0) is 16.2. The molecule has 1 aliphatic heterocycles. The predicted molar refractivity (Wildman–Crippen MR) is 91.4 cm³/mol. The van der Waals surface area contributed by atoms with Gasteiger partial charge in [-0.05, 0) is 41.6 Å². The fourth-order valence-corrected chi connectivity index (χ4v) is 3.10. The summed E-state index contributed by atoms with van der Waals surface area (Å²) >= 11 is 1.73. The molecule has 5 nitrogen and oxygen atoms in total. The molecule has 0 spiro atoms. The van der Waals surface area contributed by atoms with Crippen LogP contribution in [-0.4, -0.2) is 29.2 Å². The monoisotopic (exact) mass is 327 g/mol. The van der Waals surface area contributed by atoms with Crippen molar-refractivity contribution in [3.05, 3.63) is 59.9 Å². The van der Waals surface area contributed by atoms with Gasteiger partial charge in [0.1, 0.15) is 6.04 Å². The van der Waals surface area contributed by atoms with Crippen LogP contribution in [0, 0.1) is 0 Å². The molecule has 0 radical (unpaired) electrons. The molecule has 2 aromatic rings. The van der Waals surface area contributed by atoms with Crippen molar-refractivity contribution in [2.24, 2.45) is 0 Å². The molecule has 3 amide bonds. The number of urea groups is 1. The van der Waals surface area contributed by atoms with Gasteiger partial charge in [0, 0.05) is 24.6 Å². The van der Waals surface area contributed by atoms with Crippen molar-refractivity contribution in [3.8, 4) is 0 Å². The van der Waals surface area contributed by atoms with E-state index in [1.165, 1.54) is 10.5 Å². The van der Waals surface area contributed by atoms with Crippen molar-refractivity contribution in [1.29, 1.82) is 0 Å². The topological polar surface area (TPSA) is 62.3 Å². The number of anilines is 1. The van der Waals surface area contributed by atoms with Crippen LogP contribution in [0.3, 0.4) is 0 Å². The van der Waals surface area contributed by atoms with Crippen molar-refractivity contribution in [2.45, 2.75) is 18.2 Å². The van der Waals surface area contributed by atoms with E-state index in [2.05, 4.69) is 10.3 Å². The summed E-state index contributed by atoms with van der Waals surface area (Å²) in [7, 11) is 0. The molecule has 23 heavy (non-hydrogen) atoms. The van der Waals surface area contributed by atoms with Crippen molar-refractivity contribution in [2.75, 3.05) is 11.2 Å². The van der Waals surface area contributed by atoms with Crippen molar-refractivity contribution in [3.63, 3.8) is 0 Å². The molecule has 1 aromatic heterocycles. The van der Waals surface area contributed by atoms with Gasteiger partial charge in [-0.25, -0.2) is 9.69 Å². The highest BCUT2D eigenvalue weighted by molar-refractivity contribution is 7.97. The maximum atomic E-state index is 12.6. The molecule has 0 saturated carbocycles. The summed E-state index contributed by atoms with van der Waals surface area (Å²) in [6.07, 6.45) is 5.86. The summed E-state index contributed by atoms with van der Waals surface area (Å²) in [4.78, 5) is 29.9. The highest BCUT2D eigenvalue weighted by Gasteiger charge is 2.38. The third-order valence-corrected chi connectivity index (χ3v) is 4.34. The van der Waals surface area contributed by atoms with Crippen LogP contribution in [0.5, 0.6) is 0 Å². The molecule has 1 atom stereocenters. The number of aromatic nitrogens is 1. The number of carbonyl (C=O) groups excluding carboxylic acids is 2. The maximum Gasteiger partial charge on any atom is 0.329 e. The van der Waals surface area contributed by atoms with Crippen LogP contribution < -0.4 is 10.2 Å². The van der Waals surface area contributed by atoms with Crippen LogP contribution in [0.1, 0.15) is 11.1 Å². The van der Waals surface area contributed by atoms with Crippen molar-refractivity contribution < 1.29 is 9.59 Å². The fourth-order valence-electron chi connectivity index (χ4n) is 2.58. The van der Waals surface area contributed by atoms with Gasteiger partial charge >= 0.3 is 6.03 Å². The van der Waals surface area contributed by atoms with E-state index in [1.807, 2.05) is 42.7 Å². The quantitative estimate of drug-likeness (QED) is 0.858. The Balaban J connectivity index is 1.76. The third-order valence-electron chi connectivity index (χ3n) is 3.71. The first-order valence-electron chi connectivity index (χ1n) is 7.30. The van der Waals surface area contributed by atoms with Gasteiger partial charge in [0.05, 0.1) is 5.69 Å². The van der Waals surface area contributed by atoms with E-state index in [4.69, 9.17) is 0 Å². The Morgan fingerprint density at radius 2 is 1.78 bits per heavy atom. The zero-order valence-electron chi connectivity index (χ0n) is 12.7. The Morgan fingerprint density at radius 3 is 2.43 bits per heavy atom. The molecule has 0 aliphatic carbocycles. The Hall–Kier alpha value is -2.34. The van der Waals surface area contributed by atoms with Gasteiger partial charge in [-0.15, -0.1) is 0 Å². The molecule has 0 bridgehead atoms. The van der Waals surface area contributed by atoms with Crippen LogP contribution in [0.15, 0.2) is 48.8 Å². The Kier molecular flexibility index (Phi) is 4.62. The molecule has 1 N–H and O–H groups in total. The fraction of sp³-hybridized carbons (Fsp3) is 0.235. The number of amides is 3. The number of hydrogen-bond acceptors (Lipinski definition) is 4. The largest absolute Gasteiger partial charge is 0.329 e. The molecule has 3 rings (SSSR count). The van der Waals surface area contributed by atoms with Crippen molar-refractivity contribution >= 4 is 29.4 Å². The molecular weight excluding hydrogens is 310 g/mol. The molecule has 6 heteroatoms. The minimum absolute atomic E-state index is 0.218. The molecule has 1 aliphatic rings. The molecule has 1 fully saturated rings. The number of benzene rings is 1. The van der Waals surface area contributed by atoms with Gasteiger partial charge in [0.2, 0.25) is 0 Å². The summed E-state index contributed by atoms with van der Waals surface area (Å²) in [6.45, 7) is 0. The SMILES string of the molecule is CSCc1ccc(N2C(=O)NC(Cc3ccncc3)C2=O)cc1. The van der Waals surface area contributed by atoms with Crippen LogP contribution in [0.4, 0.5) is 10.5 Å². The second kappa shape index (κ2) is 6.83. The lowest BCUT2D eigenvalue weighted by Gasteiger charge is -2.13. The molecule has 1 unspecified atom stereocenters. The standard InChI is InChI=1S/C17H17N3O2S/c1-23-11-13-2-4-14(5-3-13)20-16(21)15(19-17(20)22)10-12-6-8-18-9-7-12/h2-9,15H,10-11H2,1H3,(H,19,22). The number of pyridine rings is 1. The average Bonchev–Trinajstić information content (AvgIpc) is 2.84. The van der Waals surface area contributed by atoms with Gasteiger partial charge < -0.3 is 5.32 Å². The number of nitrogens with one attached hydrogen (secondary N) is 1. The second-order valence-corrected chi connectivity index (χ2v) is 6.20. The molecule has 1 saturated heterocycles. The van der Waals surface area contributed by atoms with Crippen LogP contribution >= 0.6 is 11.8 Å². The van der Waals surface area contributed by atoms with Crippen LogP contribution in [0.2, 0.25) is 0 Å². The van der Waals surface area contributed by atoms with E-state index < -0.39 is 6.04 Å². The number of hydrogen-bond donors (Lipinski definition) is 1. The Morgan fingerprint density at radius 1 is 1.09 bits per heavy atom. The van der Waals surface area contributed by atoms with E-state index >= 15 is 0 Å². The highest BCUT2D eigenvalue weighted by Crippen LogP contribution is 2.22. The molecule has 1 aromatic carbocycles. The average molecular weight is 327 g/mol. The highest BCUT2D eigenvalue weighted by atomic mass is 32.2. The zero-order valence-corrected chi connectivity index (χ0v) is 13.5. The summed E-state index contributed by atoms with van der Waals surface area (Å²) in [6, 6.07) is 10.3. The first-order chi connectivity index (χ1) is 11.2. The van der Waals surface area contributed by atoms with Crippen LogP contribution in [-0.2, 0) is 17.0 Å². The molecule has 118 valence electrons. The van der Waals surface area contributed by atoms with Gasteiger partial charge in [0.25, 0.3) is 5.91 Å². The van der Waals surface area contributed by atoms with E-state index in [-0.39, 0.29) is 11.9 Å². The minimum atomic E-state index is -0.532. The first-order valence-corrected chi connectivity index (χ1v) is 8.69. The summed E-state index contributed by atoms with van der Waals surface area (Å²) < 4.78 is 0. The van der Waals surface area contributed by atoms with E-state index in [1.54, 1.807) is 24.2 Å². The lowest BCUT2D eigenvalue weighted by Crippen LogP contribution is -2.32. The van der Waals surface area contributed by atoms with Crippen molar-refractivity contribution in [1.82, 2.24) is 10.3 Å². The number of thioether (sulfide) groups is 1. The van der Waals surface area contributed by atoms with Crippen LogP contribution in [0.25, 0.3) is 0 Å². The number of nitrogens with zero attached hydrogens (tertiary/aromatic N) is 2. The Bertz CT molecular complexity index is 704. The normalized spacial score (nSPS) is 17.4. The maximum absolute atomic E-state index is 12.6. The second-order valence-electron chi connectivity index (χ2n) is 5.33. The van der Waals surface area contributed by atoms with Gasteiger partial charge in [-0.2, -0.15) is 11.8 Å². The number of imide groups is 1. The van der Waals surface area contributed by atoms with Gasteiger partial charge in [-0.1, -0.05) is 12.1 Å². The molecular formula is C17H17N3O2S. The van der Waals surface area contributed by atoms with Gasteiger partial charge in [0.15, 0.2) is 0 Å². The Labute approximate surface area is 139 Å². The third kappa shape index (κ3) is 3.37. The number of rotatable bonds is 5. The number of carbonyl (C=O) groups is 2. The minimum Gasteiger partial charge on any atom is -0.325 e. The predicted octanol–water partition coefficient (Wildman–Crippen LogP) is 2.61. The molecule has 2 heterocycles. The lowest BCUT2D eigenvalue weighted by molar-refractivity contribution is -0.118. The van der Waals surface area contributed by atoms with Gasteiger partial charge in [-0.3, -0.25) is 9.78 Å². The smallest absolute Gasteiger partial charge is 0.325 e. The first kappa shape index (κ1) is 15.6. The summed E-state index contributed by atoms with van der Waals surface area (Å²) in [5, 5.41) is 2.75. The summed E-state index contributed by atoms with van der Waals surface area (Å²) in [5.41, 5.74) is 2.74. The van der Waals surface area contributed by atoms with E-state index in [9.17, 15) is 9.59 Å².